The Labute approximate surface area is 175 Å². The number of hydrogen-bond acceptors (Lipinski definition) is 8. The van der Waals surface area contributed by atoms with Crippen molar-refractivity contribution < 1.29 is 38.8 Å². The summed E-state index contributed by atoms with van der Waals surface area (Å²) in [5, 5.41) is 19.6. The van der Waals surface area contributed by atoms with E-state index in [-0.39, 0.29) is 12.2 Å². The fourth-order valence-corrected chi connectivity index (χ4v) is 3.48. The molecule has 4 atom stereocenters. The Hall–Kier alpha value is -2.71. The second-order valence-electron chi connectivity index (χ2n) is 7.25. The highest BCUT2D eigenvalue weighted by atomic mass is 16.6. The molecule has 0 aromatic heterocycles. The standard InChI is InChI=1S/C22H28O8/c1-5-12(2)21(26)30-20-18-13(3)22(27)29-17(18)9-15(10-23)7-6-8-16(11-24)19(20)28-14(4)25/h5,8-9,17-20,23-24H,3,6-7,10-11H2,1-2,4H3. The number of carbonyl (C=O) groups is 3. The highest BCUT2D eigenvalue weighted by Crippen LogP contribution is 2.37. The van der Waals surface area contributed by atoms with Gasteiger partial charge >= 0.3 is 17.9 Å². The minimum atomic E-state index is -1.17. The molecule has 2 rings (SSSR count). The van der Waals surface area contributed by atoms with Crippen LogP contribution in [0.15, 0.2) is 47.1 Å². The van der Waals surface area contributed by atoms with Crippen LogP contribution in [0.25, 0.3) is 0 Å². The van der Waals surface area contributed by atoms with E-state index in [0.717, 1.165) is 0 Å². The number of fused-ring (bicyclic) bond motifs is 1. The lowest BCUT2D eigenvalue weighted by atomic mass is 9.83. The third kappa shape index (κ3) is 5.25. The lowest BCUT2D eigenvalue weighted by Gasteiger charge is -2.33. The highest BCUT2D eigenvalue weighted by Gasteiger charge is 2.49. The Morgan fingerprint density at radius 1 is 1.27 bits per heavy atom. The van der Waals surface area contributed by atoms with Crippen molar-refractivity contribution in [3.63, 3.8) is 0 Å². The van der Waals surface area contributed by atoms with Crippen LogP contribution in [0.1, 0.15) is 33.6 Å². The van der Waals surface area contributed by atoms with Crippen molar-refractivity contribution in [3.05, 3.63) is 47.1 Å². The van der Waals surface area contributed by atoms with Gasteiger partial charge in [-0.1, -0.05) is 18.7 Å². The van der Waals surface area contributed by atoms with Gasteiger partial charge < -0.3 is 24.4 Å². The lowest BCUT2D eigenvalue weighted by molar-refractivity contribution is -0.166. The van der Waals surface area contributed by atoms with Gasteiger partial charge in [0.05, 0.1) is 19.1 Å². The maximum Gasteiger partial charge on any atom is 0.334 e. The van der Waals surface area contributed by atoms with Gasteiger partial charge in [0.1, 0.15) is 6.10 Å². The fraction of sp³-hybridized carbons (Fsp3) is 0.500. The number of aliphatic hydroxyl groups is 2. The molecule has 0 radical (unpaired) electrons. The summed E-state index contributed by atoms with van der Waals surface area (Å²) in [7, 11) is 0. The van der Waals surface area contributed by atoms with E-state index in [1.54, 1.807) is 32.1 Å². The quantitative estimate of drug-likeness (QED) is 0.297. The van der Waals surface area contributed by atoms with Gasteiger partial charge in [-0.25, -0.2) is 9.59 Å². The maximum atomic E-state index is 12.6. The number of carbonyl (C=O) groups excluding carboxylic acids is 3. The number of hydrogen-bond donors (Lipinski definition) is 2. The Balaban J connectivity index is 2.64. The monoisotopic (exact) mass is 420 g/mol. The third-order valence-electron chi connectivity index (χ3n) is 5.23. The first-order chi connectivity index (χ1) is 14.2. The van der Waals surface area contributed by atoms with E-state index in [2.05, 4.69) is 6.58 Å². The number of rotatable bonds is 5. The molecule has 1 aliphatic carbocycles. The third-order valence-corrected chi connectivity index (χ3v) is 5.23. The van der Waals surface area contributed by atoms with Crippen molar-refractivity contribution in [1.82, 2.24) is 0 Å². The van der Waals surface area contributed by atoms with Crippen LogP contribution in [0, 0.1) is 5.92 Å². The van der Waals surface area contributed by atoms with Crippen molar-refractivity contribution in [2.75, 3.05) is 13.2 Å². The molecule has 0 aromatic carbocycles. The molecule has 0 saturated carbocycles. The zero-order valence-corrected chi connectivity index (χ0v) is 17.4. The number of allylic oxidation sites excluding steroid dienone is 2. The van der Waals surface area contributed by atoms with Crippen molar-refractivity contribution >= 4 is 17.9 Å². The lowest BCUT2D eigenvalue weighted by Crippen LogP contribution is -2.45. The summed E-state index contributed by atoms with van der Waals surface area (Å²) in [4.78, 5) is 36.7. The van der Waals surface area contributed by atoms with Gasteiger partial charge in [0.15, 0.2) is 12.2 Å². The fourth-order valence-electron chi connectivity index (χ4n) is 3.48. The number of aliphatic hydroxyl groups excluding tert-OH is 2. The Morgan fingerprint density at radius 3 is 2.53 bits per heavy atom. The summed E-state index contributed by atoms with van der Waals surface area (Å²) in [5.41, 5.74) is 1.33. The molecule has 164 valence electrons. The molecular weight excluding hydrogens is 392 g/mol. The Bertz CT molecular complexity index is 804. The zero-order valence-electron chi connectivity index (χ0n) is 17.4. The van der Waals surface area contributed by atoms with Crippen LogP contribution in [-0.2, 0) is 28.6 Å². The van der Waals surface area contributed by atoms with Crippen LogP contribution in [0.4, 0.5) is 0 Å². The summed E-state index contributed by atoms with van der Waals surface area (Å²) >= 11 is 0. The van der Waals surface area contributed by atoms with Gasteiger partial charge in [-0.05, 0) is 43.9 Å². The van der Waals surface area contributed by atoms with Gasteiger partial charge in [0, 0.05) is 18.1 Å². The van der Waals surface area contributed by atoms with Crippen LogP contribution in [-0.4, -0.2) is 59.6 Å². The van der Waals surface area contributed by atoms with Gasteiger partial charge in [0.2, 0.25) is 0 Å². The number of ether oxygens (including phenoxy) is 3. The largest absolute Gasteiger partial charge is 0.454 e. The molecule has 8 nitrogen and oxygen atoms in total. The van der Waals surface area contributed by atoms with E-state index in [1.165, 1.54) is 6.92 Å². The topological polar surface area (TPSA) is 119 Å². The van der Waals surface area contributed by atoms with E-state index in [9.17, 15) is 24.6 Å². The van der Waals surface area contributed by atoms with Crippen LogP contribution in [0.2, 0.25) is 0 Å². The van der Waals surface area contributed by atoms with Crippen LogP contribution in [0.5, 0.6) is 0 Å². The first-order valence-electron chi connectivity index (χ1n) is 9.74. The molecule has 0 spiro atoms. The summed E-state index contributed by atoms with van der Waals surface area (Å²) in [5.74, 6) is -2.84. The molecule has 4 unspecified atom stereocenters. The minimum Gasteiger partial charge on any atom is -0.454 e. The Morgan fingerprint density at radius 2 is 1.97 bits per heavy atom. The summed E-state index contributed by atoms with van der Waals surface area (Å²) in [6, 6.07) is 0. The average molecular weight is 420 g/mol. The second kappa shape index (κ2) is 10.4. The summed E-state index contributed by atoms with van der Waals surface area (Å²) < 4.78 is 16.6. The second-order valence-corrected chi connectivity index (χ2v) is 7.25. The molecular formula is C22H28O8. The molecule has 0 bridgehead atoms. The van der Waals surface area contributed by atoms with E-state index in [4.69, 9.17) is 14.2 Å². The predicted molar refractivity (Wildman–Crippen MR) is 107 cm³/mol. The first-order valence-corrected chi connectivity index (χ1v) is 9.74. The van der Waals surface area contributed by atoms with E-state index in [0.29, 0.717) is 29.6 Å². The molecule has 30 heavy (non-hydrogen) atoms. The molecule has 1 aliphatic heterocycles. The number of esters is 3. The van der Waals surface area contributed by atoms with E-state index in [1.807, 2.05) is 0 Å². The molecule has 1 saturated heterocycles. The predicted octanol–water partition coefficient (Wildman–Crippen LogP) is 1.53. The Kier molecular flexibility index (Phi) is 8.14. The minimum absolute atomic E-state index is 0.0551. The van der Waals surface area contributed by atoms with E-state index < -0.39 is 48.7 Å². The normalized spacial score (nSPS) is 27.4. The highest BCUT2D eigenvalue weighted by molar-refractivity contribution is 5.92. The van der Waals surface area contributed by atoms with Gasteiger partial charge in [-0.3, -0.25) is 4.79 Å². The first kappa shape index (κ1) is 23.6. The van der Waals surface area contributed by atoms with Gasteiger partial charge in [0.25, 0.3) is 0 Å². The molecule has 2 N–H and O–H groups in total. The maximum absolute atomic E-state index is 12.6. The molecule has 0 aromatic rings. The van der Waals surface area contributed by atoms with Gasteiger partial charge in [-0.15, -0.1) is 0 Å². The van der Waals surface area contributed by atoms with Crippen molar-refractivity contribution in [2.45, 2.75) is 51.9 Å². The van der Waals surface area contributed by atoms with Crippen LogP contribution in [0.3, 0.4) is 0 Å². The zero-order chi connectivity index (χ0) is 22.4. The van der Waals surface area contributed by atoms with Crippen molar-refractivity contribution in [1.29, 1.82) is 0 Å². The van der Waals surface area contributed by atoms with Gasteiger partial charge in [-0.2, -0.15) is 0 Å². The van der Waals surface area contributed by atoms with Crippen LogP contribution < -0.4 is 0 Å². The van der Waals surface area contributed by atoms with Crippen LogP contribution >= 0.6 is 0 Å². The van der Waals surface area contributed by atoms with Crippen molar-refractivity contribution in [2.24, 2.45) is 5.92 Å². The average Bonchev–Trinajstić information content (AvgIpc) is 2.99. The smallest absolute Gasteiger partial charge is 0.334 e. The molecule has 1 fully saturated rings. The molecule has 8 heteroatoms. The van der Waals surface area contributed by atoms with E-state index >= 15 is 0 Å². The molecule has 2 aliphatic rings. The summed E-state index contributed by atoms with van der Waals surface area (Å²) in [6.07, 6.45) is 2.57. The molecule has 0 amide bonds. The van der Waals surface area contributed by atoms with Crippen molar-refractivity contribution in [3.8, 4) is 0 Å². The SMILES string of the molecule is C=C1C(=O)OC2C=C(CO)CCC=C(CO)C(OC(C)=O)C(OC(=O)C(C)=CC)C12. The summed E-state index contributed by atoms with van der Waals surface area (Å²) in [6.45, 7) is 7.54. The molecule has 1 heterocycles.